The highest BCUT2D eigenvalue weighted by molar-refractivity contribution is 5.79. The summed E-state index contributed by atoms with van der Waals surface area (Å²) in [5.41, 5.74) is 6.52. The average molecular weight is 211 g/mol. The molecule has 0 saturated heterocycles. The molecule has 0 aliphatic heterocycles. The van der Waals surface area contributed by atoms with E-state index in [1.54, 1.807) is 20.2 Å². The quantitative estimate of drug-likeness (QED) is 0.733. The molecule has 0 aliphatic carbocycles. The first-order valence-corrected chi connectivity index (χ1v) is 4.99. The fourth-order valence-corrected chi connectivity index (χ4v) is 1.19. The van der Waals surface area contributed by atoms with Gasteiger partial charge in [-0.3, -0.25) is 4.79 Å². The van der Waals surface area contributed by atoms with Crippen LogP contribution in [-0.2, 0) is 4.79 Å². The first kappa shape index (κ1) is 11.6. The lowest BCUT2D eigenvalue weighted by atomic mass is 10.2. The Kier molecular flexibility index (Phi) is 3.79. The number of carbonyl (C=O) groups is 1. The van der Waals surface area contributed by atoms with E-state index in [0.717, 1.165) is 6.42 Å². The smallest absolute Gasteiger partial charge is 0.244 e. The number of amides is 1. The topological polar surface area (TPSA) is 85.8 Å². The summed E-state index contributed by atoms with van der Waals surface area (Å²) in [7, 11) is 1.59. The third-order valence-electron chi connectivity index (χ3n) is 2.37. The van der Waals surface area contributed by atoms with E-state index < -0.39 is 0 Å². The van der Waals surface area contributed by atoms with Gasteiger partial charge in [0.1, 0.15) is 6.04 Å². The van der Waals surface area contributed by atoms with Crippen LogP contribution in [-0.4, -0.2) is 27.9 Å². The van der Waals surface area contributed by atoms with Gasteiger partial charge in [-0.2, -0.15) is 0 Å². The highest BCUT2D eigenvalue weighted by Gasteiger charge is 2.16. The lowest BCUT2D eigenvalue weighted by molar-refractivity contribution is -0.123. The van der Waals surface area contributed by atoms with Gasteiger partial charge in [0.05, 0.1) is 17.9 Å². The predicted molar refractivity (Wildman–Crippen MR) is 56.0 cm³/mol. The summed E-state index contributed by atoms with van der Waals surface area (Å²) in [6.07, 6.45) is 2.52. The molecule has 0 spiro atoms. The summed E-state index contributed by atoms with van der Waals surface area (Å²) >= 11 is 0. The highest BCUT2D eigenvalue weighted by atomic mass is 16.2. The molecule has 1 rings (SSSR count). The van der Waals surface area contributed by atoms with E-state index in [1.807, 2.05) is 6.92 Å². The van der Waals surface area contributed by atoms with E-state index in [-0.39, 0.29) is 18.0 Å². The number of nitrogens with one attached hydrogen (secondary N) is 1. The van der Waals surface area contributed by atoms with Crippen LogP contribution in [0, 0.1) is 0 Å². The van der Waals surface area contributed by atoms with Crippen LogP contribution in [0.25, 0.3) is 0 Å². The Labute approximate surface area is 88.8 Å². The van der Waals surface area contributed by atoms with E-state index in [1.165, 1.54) is 4.68 Å². The minimum Gasteiger partial charge on any atom is -0.357 e. The van der Waals surface area contributed by atoms with Gasteiger partial charge in [-0.15, -0.1) is 5.10 Å². The first-order chi connectivity index (χ1) is 7.10. The van der Waals surface area contributed by atoms with Crippen molar-refractivity contribution in [2.24, 2.45) is 5.73 Å². The van der Waals surface area contributed by atoms with Crippen molar-refractivity contribution in [2.45, 2.75) is 32.4 Å². The van der Waals surface area contributed by atoms with Crippen molar-refractivity contribution in [2.75, 3.05) is 7.05 Å². The molecule has 1 amide bonds. The maximum atomic E-state index is 11.3. The maximum absolute atomic E-state index is 11.3. The number of hydrogen-bond donors (Lipinski definition) is 2. The molecule has 15 heavy (non-hydrogen) atoms. The molecule has 0 fully saturated rings. The molecule has 0 bridgehead atoms. The van der Waals surface area contributed by atoms with E-state index in [2.05, 4.69) is 15.6 Å². The number of rotatable bonds is 4. The van der Waals surface area contributed by atoms with Crippen LogP contribution < -0.4 is 11.1 Å². The molecule has 3 N–H and O–H groups in total. The molecule has 0 aromatic carbocycles. The zero-order valence-corrected chi connectivity index (χ0v) is 9.27. The number of carbonyl (C=O) groups excluding carboxylic acids is 1. The first-order valence-electron chi connectivity index (χ1n) is 4.99. The molecule has 1 aromatic rings. The third-order valence-corrected chi connectivity index (χ3v) is 2.37. The van der Waals surface area contributed by atoms with Crippen molar-refractivity contribution in [3.05, 3.63) is 11.9 Å². The Balaban J connectivity index is 2.79. The molecule has 2 atom stereocenters. The average Bonchev–Trinajstić information content (AvgIpc) is 2.75. The summed E-state index contributed by atoms with van der Waals surface area (Å²) in [6.45, 7) is 3.74. The SMILES string of the molecule is CCC(N)c1cn(C(C)C(=O)NC)nn1. The lowest BCUT2D eigenvalue weighted by Gasteiger charge is -2.08. The maximum Gasteiger partial charge on any atom is 0.244 e. The monoisotopic (exact) mass is 211 g/mol. The Morgan fingerprint density at radius 3 is 2.93 bits per heavy atom. The Morgan fingerprint density at radius 1 is 1.73 bits per heavy atom. The molecule has 0 aliphatic rings. The van der Waals surface area contributed by atoms with Gasteiger partial charge < -0.3 is 11.1 Å². The largest absolute Gasteiger partial charge is 0.357 e. The number of nitrogens with two attached hydrogens (primary N) is 1. The van der Waals surface area contributed by atoms with Gasteiger partial charge in [0, 0.05) is 7.05 Å². The predicted octanol–water partition coefficient (Wildman–Crippen LogP) is -0.00510. The Morgan fingerprint density at radius 2 is 2.40 bits per heavy atom. The molecule has 84 valence electrons. The highest BCUT2D eigenvalue weighted by Crippen LogP contribution is 2.11. The van der Waals surface area contributed by atoms with E-state index in [4.69, 9.17) is 5.73 Å². The van der Waals surface area contributed by atoms with Crippen LogP contribution in [0.1, 0.15) is 38.0 Å². The number of nitrogens with zero attached hydrogens (tertiary/aromatic N) is 3. The second kappa shape index (κ2) is 4.88. The molecule has 0 saturated carbocycles. The van der Waals surface area contributed by atoms with E-state index >= 15 is 0 Å². The normalized spacial score (nSPS) is 14.7. The van der Waals surface area contributed by atoms with Gasteiger partial charge in [-0.1, -0.05) is 12.1 Å². The molecule has 6 nitrogen and oxygen atoms in total. The van der Waals surface area contributed by atoms with E-state index in [0.29, 0.717) is 5.69 Å². The lowest BCUT2D eigenvalue weighted by Crippen LogP contribution is -2.28. The van der Waals surface area contributed by atoms with Crippen molar-refractivity contribution in [3.63, 3.8) is 0 Å². The fourth-order valence-electron chi connectivity index (χ4n) is 1.19. The van der Waals surface area contributed by atoms with Crippen molar-refractivity contribution >= 4 is 5.91 Å². The van der Waals surface area contributed by atoms with Gasteiger partial charge in [0.2, 0.25) is 5.91 Å². The van der Waals surface area contributed by atoms with Gasteiger partial charge in [-0.25, -0.2) is 4.68 Å². The zero-order chi connectivity index (χ0) is 11.4. The molecular formula is C9H17N5O. The Hall–Kier alpha value is -1.43. The minimum atomic E-state index is -0.361. The fraction of sp³-hybridized carbons (Fsp3) is 0.667. The van der Waals surface area contributed by atoms with Crippen LogP contribution in [0.4, 0.5) is 0 Å². The van der Waals surface area contributed by atoms with Crippen LogP contribution in [0.15, 0.2) is 6.20 Å². The van der Waals surface area contributed by atoms with Crippen molar-refractivity contribution in [1.82, 2.24) is 20.3 Å². The second-order valence-corrected chi connectivity index (χ2v) is 3.43. The summed E-state index contributed by atoms with van der Waals surface area (Å²) < 4.78 is 1.52. The summed E-state index contributed by atoms with van der Waals surface area (Å²) in [4.78, 5) is 11.3. The molecule has 0 radical (unpaired) electrons. The van der Waals surface area contributed by atoms with E-state index in [9.17, 15) is 4.79 Å². The van der Waals surface area contributed by atoms with Gasteiger partial charge in [0.15, 0.2) is 0 Å². The minimum absolute atomic E-state index is 0.100. The van der Waals surface area contributed by atoms with Gasteiger partial charge in [0.25, 0.3) is 0 Å². The molecule has 2 unspecified atom stereocenters. The molecule has 1 heterocycles. The molecule has 6 heteroatoms. The summed E-state index contributed by atoms with van der Waals surface area (Å²) in [5.74, 6) is -0.100. The standard InChI is InChI=1S/C9H17N5O/c1-4-7(10)8-5-14(13-12-8)6(2)9(15)11-3/h5-7H,4,10H2,1-3H3,(H,11,15). The number of aromatic nitrogens is 3. The van der Waals surface area contributed by atoms with Gasteiger partial charge >= 0.3 is 0 Å². The summed E-state index contributed by atoms with van der Waals surface area (Å²) in [6, 6.07) is -0.476. The van der Waals surface area contributed by atoms with Crippen molar-refractivity contribution < 1.29 is 4.79 Å². The zero-order valence-electron chi connectivity index (χ0n) is 9.27. The second-order valence-electron chi connectivity index (χ2n) is 3.43. The van der Waals surface area contributed by atoms with Crippen LogP contribution >= 0.6 is 0 Å². The number of likely N-dealkylation sites (N-methyl/N-ethyl adjacent to an activating group) is 1. The summed E-state index contributed by atoms with van der Waals surface area (Å²) in [5, 5.41) is 10.4. The van der Waals surface area contributed by atoms with Gasteiger partial charge in [-0.05, 0) is 13.3 Å². The third kappa shape index (κ3) is 2.53. The number of hydrogen-bond acceptors (Lipinski definition) is 4. The Bertz CT molecular complexity index is 335. The van der Waals surface area contributed by atoms with Crippen LogP contribution in [0.3, 0.4) is 0 Å². The molecular weight excluding hydrogens is 194 g/mol. The van der Waals surface area contributed by atoms with Crippen molar-refractivity contribution in [1.29, 1.82) is 0 Å². The molecule has 1 aromatic heterocycles. The van der Waals surface area contributed by atoms with Crippen molar-refractivity contribution in [3.8, 4) is 0 Å². The van der Waals surface area contributed by atoms with Crippen LogP contribution in [0.5, 0.6) is 0 Å². The van der Waals surface area contributed by atoms with Crippen LogP contribution in [0.2, 0.25) is 0 Å².